The molecule has 1 aliphatic rings. The van der Waals surface area contributed by atoms with E-state index in [9.17, 15) is 9.59 Å². The van der Waals surface area contributed by atoms with Crippen LogP contribution in [0.3, 0.4) is 0 Å². The van der Waals surface area contributed by atoms with Crippen LogP contribution >= 0.6 is 0 Å². The molecule has 0 radical (unpaired) electrons. The third-order valence-electron chi connectivity index (χ3n) is 4.98. The number of rotatable bonds is 5. The molecule has 0 aliphatic heterocycles. The molecule has 130 valence electrons. The van der Waals surface area contributed by atoms with E-state index in [0.717, 1.165) is 12.8 Å². The second kappa shape index (κ2) is 7.51. The Balaban J connectivity index is 1.71. The fraction of sp³-hybridized carbons (Fsp3) is 0.333. The monoisotopic (exact) mass is 336 g/mol. The lowest BCUT2D eigenvalue weighted by molar-refractivity contribution is -0.114. The summed E-state index contributed by atoms with van der Waals surface area (Å²) in [5, 5.41) is 5.82. The van der Waals surface area contributed by atoms with Gasteiger partial charge in [0.05, 0.1) is 0 Å². The topological polar surface area (TPSA) is 58.2 Å². The van der Waals surface area contributed by atoms with E-state index in [-0.39, 0.29) is 17.2 Å². The van der Waals surface area contributed by atoms with Gasteiger partial charge in [0.2, 0.25) is 5.91 Å². The van der Waals surface area contributed by atoms with Crippen molar-refractivity contribution in [3.63, 3.8) is 0 Å². The van der Waals surface area contributed by atoms with Crippen LogP contribution < -0.4 is 10.6 Å². The van der Waals surface area contributed by atoms with Crippen molar-refractivity contribution in [2.75, 3.05) is 11.9 Å². The molecule has 0 atom stereocenters. The lowest BCUT2D eigenvalue weighted by Gasteiger charge is -2.30. The number of amides is 2. The molecule has 4 heteroatoms. The zero-order valence-electron chi connectivity index (χ0n) is 14.5. The molecule has 0 heterocycles. The Kier molecular flexibility index (Phi) is 5.17. The highest BCUT2D eigenvalue weighted by atomic mass is 16.2. The molecule has 2 aromatic rings. The Morgan fingerprint density at radius 1 is 1.00 bits per heavy atom. The van der Waals surface area contributed by atoms with Crippen molar-refractivity contribution in [3.05, 3.63) is 65.7 Å². The molecule has 2 aromatic carbocycles. The van der Waals surface area contributed by atoms with Gasteiger partial charge < -0.3 is 10.6 Å². The average molecular weight is 336 g/mol. The van der Waals surface area contributed by atoms with Gasteiger partial charge in [0.15, 0.2) is 0 Å². The summed E-state index contributed by atoms with van der Waals surface area (Å²) >= 11 is 0. The van der Waals surface area contributed by atoms with Gasteiger partial charge in [0, 0.05) is 30.1 Å². The highest BCUT2D eigenvalue weighted by Crippen LogP contribution is 2.40. The zero-order valence-corrected chi connectivity index (χ0v) is 14.5. The van der Waals surface area contributed by atoms with Crippen molar-refractivity contribution in [1.29, 1.82) is 0 Å². The summed E-state index contributed by atoms with van der Waals surface area (Å²) in [6.07, 6.45) is 4.60. The number of carbonyl (C=O) groups excluding carboxylic acids is 2. The van der Waals surface area contributed by atoms with Crippen molar-refractivity contribution in [1.82, 2.24) is 5.32 Å². The van der Waals surface area contributed by atoms with Gasteiger partial charge >= 0.3 is 0 Å². The van der Waals surface area contributed by atoms with Gasteiger partial charge in [0.1, 0.15) is 0 Å². The van der Waals surface area contributed by atoms with E-state index in [1.54, 1.807) is 24.3 Å². The van der Waals surface area contributed by atoms with Crippen molar-refractivity contribution in [2.45, 2.75) is 38.0 Å². The van der Waals surface area contributed by atoms with Crippen LogP contribution in [-0.2, 0) is 10.2 Å². The molecule has 0 spiro atoms. The molecule has 2 amide bonds. The number of benzene rings is 2. The van der Waals surface area contributed by atoms with Crippen LogP contribution in [0.25, 0.3) is 0 Å². The molecular weight excluding hydrogens is 312 g/mol. The van der Waals surface area contributed by atoms with Gasteiger partial charge in [-0.25, -0.2) is 0 Å². The fourth-order valence-corrected chi connectivity index (χ4v) is 3.70. The van der Waals surface area contributed by atoms with Crippen LogP contribution in [0.4, 0.5) is 5.69 Å². The Hall–Kier alpha value is -2.62. The molecule has 3 rings (SSSR count). The summed E-state index contributed by atoms with van der Waals surface area (Å²) in [6.45, 7) is 2.09. The van der Waals surface area contributed by atoms with Crippen molar-refractivity contribution in [3.8, 4) is 0 Å². The second-order valence-corrected chi connectivity index (χ2v) is 6.80. The maximum Gasteiger partial charge on any atom is 0.251 e. The number of nitrogens with one attached hydrogen (secondary N) is 2. The SMILES string of the molecule is CC(=O)Nc1cccc(C(=O)NCC2(c3ccccc3)CCCC2)c1. The first-order chi connectivity index (χ1) is 12.1. The molecule has 0 aromatic heterocycles. The summed E-state index contributed by atoms with van der Waals surface area (Å²) in [6, 6.07) is 17.5. The molecule has 4 nitrogen and oxygen atoms in total. The minimum Gasteiger partial charge on any atom is -0.351 e. The molecule has 0 bridgehead atoms. The minimum atomic E-state index is -0.147. The van der Waals surface area contributed by atoms with Gasteiger partial charge in [-0.05, 0) is 36.6 Å². The third kappa shape index (κ3) is 4.08. The summed E-state index contributed by atoms with van der Waals surface area (Å²) in [4.78, 5) is 23.8. The highest BCUT2D eigenvalue weighted by Gasteiger charge is 2.35. The highest BCUT2D eigenvalue weighted by molar-refractivity contribution is 5.96. The summed E-state index contributed by atoms with van der Waals surface area (Å²) < 4.78 is 0. The first-order valence-corrected chi connectivity index (χ1v) is 8.80. The van der Waals surface area contributed by atoms with Gasteiger partial charge in [0.25, 0.3) is 5.91 Å². The summed E-state index contributed by atoms with van der Waals surface area (Å²) in [5.41, 5.74) is 2.54. The summed E-state index contributed by atoms with van der Waals surface area (Å²) in [7, 11) is 0. The molecule has 2 N–H and O–H groups in total. The third-order valence-corrected chi connectivity index (χ3v) is 4.98. The van der Waals surface area contributed by atoms with E-state index in [2.05, 4.69) is 34.9 Å². The van der Waals surface area contributed by atoms with Gasteiger partial charge in [-0.1, -0.05) is 49.2 Å². The van der Waals surface area contributed by atoms with E-state index in [4.69, 9.17) is 0 Å². The molecule has 1 aliphatic carbocycles. The fourth-order valence-electron chi connectivity index (χ4n) is 3.70. The number of carbonyl (C=O) groups is 2. The maximum atomic E-state index is 12.6. The van der Waals surface area contributed by atoms with Crippen molar-refractivity contribution >= 4 is 17.5 Å². The molecule has 0 saturated heterocycles. The van der Waals surface area contributed by atoms with Gasteiger partial charge in [-0.3, -0.25) is 9.59 Å². The maximum absolute atomic E-state index is 12.6. The summed E-state index contributed by atoms with van der Waals surface area (Å²) in [5.74, 6) is -0.249. The average Bonchev–Trinajstić information content (AvgIpc) is 3.10. The van der Waals surface area contributed by atoms with Crippen LogP contribution in [0.15, 0.2) is 54.6 Å². The predicted molar refractivity (Wildman–Crippen MR) is 99.7 cm³/mol. The van der Waals surface area contributed by atoms with E-state index >= 15 is 0 Å². The predicted octanol–water partition coefficient (Wildman–Crippen LogP) is 3.89. The van der Waals surface area contributed by atoms with E-state index < -0.39 is 0 Å². The van der Waals surface area contributed by atoms with Crippen molar-refractivity contribution in [2.24, 2.45) is 0 Å². The van der Waals surface area contributed by atoms with E-state index in [1.807, 2.05) is 6.07 Å². The Morgan fingerprint density at radius 3 is 2.40 bits per heavy atom. The Labute approximate surface area is 148 Å². The molecule has 1 fully saturated rings. The normalized spacial score (nSPS) is 15.6. The lowest BCUT2D eigenvalue weighted by Crippen LogP contribution is -2.39. The minimum absolute atomic E-state index is 0.0339. The van der Waals surface area contributed by atoms with Gasteiger partial charge in [-0.15, -0.1) is 0 Å². The first kappa shape index (κ1) is 17.2. The number of hydrogen-bond acceptors (Lipinski definition) is 2. The van der Waals surface area contributed by atoms with E-state index in [1.165, 1.54) is 25.3 Å². The Bertz CT molecular complexity index is 750. The smallest absolute Gasteiger partial charge is 0.251 e. The van der Waals surface area contributed by atoms with Gasteiger partial charge in [-0.2, -0.15) is 0 Å². The molecule has 25 heavy (non-hydrogen) atoms. The number of anilines is 1. The molecule has 0 unspecified atom stereocenters. The van der Waals surface area contributed by atoms with Crippen LogP contribution in [0.1, 0.15) is 48.5 Å². The molecule has 1 saturated carbocycles. The molecular formula is C21H24N2O2. The van der Waals surface area contributed by atoms with E-state index in [0.29, 0.717) is 17.8 Å². The van der Waals surface area contributed by atoms with Crippen LogP contribution in [0.2, 0.25) is 0 Å². The van der Waals surface area contributed by atoms with Crippen LogP contribution in [-0.4, -0.2) is 18.4 Å². The zero-order chi connectivity index (χ0) is 17.7. The van der Waals surface area contributed by atoms with Crippen molar-refractivity contribution < 1.29 is 9.59 Å². The number of hydrogen-bond donors (Lipinski definition) is 2. The van der Waals surface area contributed by atoms with Crippen LogP contribution in [0.5, 0.6) is 0 Å². The standard InChI is InChI=1S/C21H24N2O2/c1-16(24)23-19-11-7-8-17(14-19)20(25)22-15-21(12-5-6-13-21)18-9-3-2-4-10-18/h2-4,7-11,14H,5-6,12-13,15H2,1H3,(H,22,25)(H,23,24). The lowest BCUT2D eigenvalue weighted by atomic mass is 9.79. The second-order valence-electron chi connectivity index (χ2n) is 6.80. The largest absolute Gasteiger partial charge is 0.351 e. The quantitative estimate of drug-likeness (QED) is 0.870. The first-order valence-electron chi connectivity index (χ1n) is 8.80. The Morgan fingerprint density at radius 2 is 1.72 bits per heavy atom. The van der Waals surface area contributed by atoms with Crippen LogP contribution in [0, 0.1) is 0 Å².